The van der Waals surface area contributed by atoms with Crippen molar-refractivity contribution in [3.8, 4) is 69.9 Å². The van der Waals surface area contributed by atoms with Crippen LogP contribution in [0, 0.1) is 41.7 Å². The van der Waals surface area contributed by atoms with E-state index < -0.39 is 0 Å². The fourth-order valence-electron chi connectivity index (χ4n) is 12.3. The maximum absolute atomic E-state index is 10.8. The van der Waals surface area contributed by atoms with Gasteiger partial charge in [0.2, 0.25) is 23.2 Å². The van der Waals surface area contributed by atoms with Gasteiger partial charge >= 0.3 is 20.4 Å². The summed E-state index contributed by atoms with van der Waals surface area (Å²) in [4.78, 5) is 27.7. The van der Waals surface area contributed by atoms with Gasteiger partial charge in [-0.1, -0.05) is 127 Å². The average Bonchev–Trinajstić information content (AvgIpc) is 1.60. The molecule has 4 aliphatic rings. The third-order valence-electron chi connectivity index (χ3n) is 17.5. The maximum atomic E-state index is 10.8. The number of hydrogen-bond donors (Lipinski definition) is 0. The van der Waals surface area contributed by atoms with E-state index in [1.165, 1.54) is 5.56 Å². The molecule has 0 bridgehead atoms. The Morgan fingerprint density at radius 3 is 1.34 bits per heavy atom. The summed E-state index contributed by atoms with van der Waals surface area (Å²) in [5, 5.41) is 20.8. The summed E-state index contributed by atoms with van der Waals surface area (Å²) in [5.74, 6) is 6.07. The van der Waals surface area contributed by atoms with Crippen LogP contribution in [0.2, 0.25) is 0 Å². The van der Waals surface area contributed by atoms with Crippen LogP contribution in [-0.2, 0) is 31.3 Å². The largest absolute Gasteiger partial charge is 2.00 e. The Labute approximate surface area is 581 Å². The van der Waals surface area contributed by atoms with E-state index in [-0.39, 0.29) is 77.9 Å². The number of methoxy groups -OCH3 is 4. The number of aliphatic imine (C=N–C) groups is 2. The van der Waals surface area contributed by atoms with Crippen LogP contribution in [0.3, 0.4) is 0 Å². The van der Waals surface area contributed by atoms with E-state index in [1.807, 2.05) is 60.7 Å². The zero-order valence-corrected chi connectivity index (χ0v) is 57.5. The molecule has 0 unspecified atom stereocenters. The number of rotatable bonds is 16. The molecule has 0 amide bonds. The van der Waals surface area contributed by atoms with Gasteiger partial charge in [0.15, 0.2) is 0 Å². The van der Waals surface area contributed by atoms with Gasteiger partial charge in [-0.2, -0.15) is 10.5 Å². The van der Waals surface area contributed by atoms with Gasteiger partial charge in [-0.15, -0.1) is 11.4 Å². The van der Waals surface area contributed by atoms with Gasteiger partial charge in [-0.05, 0) is 185 Å². The third kappa shape index (κ3) is 15.5. The first-order valence-electron chi connectivity index (χ1n) is 32.0. The second-order valence-electron chi connectivity index (χ2n) is 25.7. The Kier molecular flexibility index (Phi) is 21.6. The molecule has 2 saturated carbocycles. The molecule has 0 radical (unpaired) electrons. The molecule has 2 aliphatic heterocycles. The quantitative estimate of drug-likeness (QED) is 0.0660. The molecule has 0 N–H and O–H groups in total. The van der Waals surface area contributed by atoms with Crippen LogP contribution in [0.15, 0.2) is 196 Å². The fraction of sp³-hybridized carbons (Fsp3) is 0.275. The van der Waals surface area contributed by atoms with E-state index >= 15 is 0 Å². The second kappa shape index (κ2) is 30.3. The minimum absolute atomic E-state index is 0. The van der Waals surface area contributed by atoms with Crippen molar-refractivity contribution in [1.82, 2.24) is 9.97 Å². The van der Waals surface area contributed by atoms with Crippen LogP contribution < -0.4 is 47.9 Å². The molecule has 4 heterocycles. The smallest absolute Gasteiger partial charge is 0.637 e. The van der Waals surface area contributed by atoms with E-state index in [0.29, 0.717) is 85.6 Å². The molecule has 0 spiro atoms. The van der Waals surface area contributed by atoms with Crippen LogP contribution in [0.25, 0.3) is 20.8 Å². The van der Waals surface area contributed by atoms with Crippen LogP contribution in [0.1, 0.15) is 138 Å². The van der Waals surface area contributed by atoms with Crippen molar-refractivity contribution >= 4 is 34.3 Å². The Morgan fingerprint density at radius 1 is 0.495 bits per heavy atom. The van der Waals surface area contributed by atoms with Gasteiger partial charge in [-0.3, -0.25) is 0 Å². The SMILES string of the molecule is [C-]#[N+]c1c(Oc2ccc(OC)cc2)[n-]c(/C(=C2\N=C(Oc3ccc(OC)cc3)C(C#N)=C2C2CCCC2)c2ccc(C(C)(C)C)cc2)c1C1CCCC1.[C-]#[N+]c1cc(/C(=C2/C=C(C#N)C(Oc3ccc(OC)cc3)=N2)c2ccc(C(C)(C)C)cc2)[n-]c1Oc1ccc(OC)cc1.[Pd+2]. The molecule has 2 aromatic heterocycles. The number of nitrogens with zero attached hydrogens (tertiary/aromatic N) is 8. The molecule has 0 atom stereocenters. The maximum Gasteiger partial charge on any atom is 2.00 e. The van der Waals surface area contributed by atoms with Gasteiger partial charge in [-0.25, -0.2) is 19.7 Å². The van der Waals surface area contributed by atoms with E-state index in [1.54, 1.807) is 89.1 Å². The normalized spacial score (nSPS) is 15.6. The van der Waals surface area contributed by atoms with E-state index in [4.69, 9.17) is 71.0 Å². The Bertz CT molecular complexity index is 4540. The van der Waals surface area contributed by atoms with Gasteiger partial charge in [0, 0.05) is 17.3 Å². The molecule has 8 aromatic rings. The first-order valence-corrected chi connectivity index (χ1v) is 32.0. The predicted octanol–water partition coefficient (Wildman–Crippen LogP) is 19.2. The number of benzene rings is 6. The van der Waals surface area contributed by atoms with Crippen LogP contribution in [0.5, 0.6) is 57.8 Å². The summed E-state index contributed by atoms with van der Waals surface area (Å²) in [7, 11) is 6.43. The van der Waals surface area contributed by atoms with Gasteiger partial charge in [0.25, 0.3) is 0 Å². The first kappa shape index (κ1) is 69.0. The zero-order chi connectivity index (χ0) is 67.7. The molecular weight excluding hydrogens is 1310 g/mol. The van der Waals surface area contributed by atoms with Crippen molar-refractivity contribution in [3.63, 3.8) is 0 Å². The first-order chi connectivity index (χ1) is 46.4. The molecule has 2 aliphatic carbocycles. The Balaban J connectivity index is 0.000000213. The van der Waals surface area contributed by atoms with Crippen molar-refractivity contribution < 1.29 is 58.3 Å². The molecule has 17 heteroatoms. The van der Waals surface area contributed by atoms with Crippen LogP contribution in [-0.4, -0.2) is 40.2 Å². The minimum atomic E-state index is -0.0518. The summed E-state index contributed by atoms with van der Waals surface area (Å²) in [6.07, 6.45) is 9.81. The van der Waals surface area contributed by atoms with Crippen molar-refractivity contribution in [2.75, 3.05) is 28.4 Å². The average molecular weight is 1380 g/mol. The van der Waals surface area contributed by atoms with Crippen molar-refractivity contribution in [2.24, 2.45) is 15.9 Å². The molecule has 6 aromatic carbocycles. The van der Waals surface area contributed by atoms with Crippen LogP contribution in [0.4, 0.5) is 11.4 Å². The van der Waals surface area contributed by atoms with Crippen molar-refractivity contribution in [2.45, 2.75) is 110 Å². The van der Waals surface area contributed by atoms with E-state index in [0.717, 1.165) is 84.8 Å². The number of aromatic nitrogens is 2. The third-order valence-corrected chi connectivity index (χ3v) is 17.5. The molecular formula is C80H74N8O8Pd. The summed E-state index contributed by atoms with van der Waals surface area (Å²) < 4.78 is 46.1. The van der Waals surface area contributed by atoms with Crippen molar-refractivity contribution in [3.05, 3.63) is 248 Å². The molecule has 492 valence electrons. The standard InChI is InChI=1S/C45H45N4O4.C35H29N4O4.Pd/c1-45(2,3)31-17-15-30(16-18-31)38(40-37(28-11-7-8-12-28)36(27-46)43(48-40)52-34-23-19-32(50-5)20-24-34)41-39(29-13-9-10-14-29)42(47-4)44(49-41)53-35-25-21-33(51-6)22-26-35;1-35(2,3)24-9-7-22(8-10-24)32(29-19-23(21-36)33(38-29)42-27-15-11-25(40-5)12-16-27)30-20-31(37-4)34(39-30)43-28-17-13-26(41-6)14-18-28;/h15-26,28-29H,7-14H2,1-3,5-6H3;7-20H,1-3,5-6H3;/q2*-1;+2/b40-38-;32-29-;. The second-order valence-corrected chi connectivity index (χ2v) is 25.7. The summed E-state index contributed by atoms with van der Waals surface area (Å²) >= 11 is 0. The van der Waals surface area contributed by atoms with E-state index in [2.05, 4.69) is 99.8 Å². The summed E-state index contributed by atoms with van der Waals surface area (Å²) in [6.45, 7) is 29.3. The molecule has 16 nitrogen and oxygen atoms in total. The van der Waals surface area contributed by atoms with Gasteiger partial charge < -0.3 is 47.9 Å². The zero-order valence-electron chi connectivity index (χ0n) is 56.0. The van der Waals surface area contributed by atoms with Crippen LogP contribution >= 0.6 is 0 Å². The number of allylic oxidation sites excluding steroid dienone is 2. The predicted molar refractivity (Wildman–Crippen MR) is 372 cm³/mol. The minimum Gasteiger partial charge on any atom is -0.637 e. The van der Waals surface area contributed by atoms with Gasteiger partial charge in [0.05, 0.1) is 53.0 Å². The number of hydrogen-bond acceptors (Lipinski definition) is 12. The number of ether oxygens (including phenoxy) is 8. The fourth-order valence-corrected chi connectivity index (χ4v) is 12.3. The summed E-state index contributed by atoms with van der Waals surface area (Å²) in [5.41, 5.74) is 10.9. The molecule has 12 rings (SSSR count). The topological polar surface area (TPSA) is 183 Å². The number of nitriles is 2. The van der Waals surface area contributed by atoms with E-state index in [9.17, 15) is 10.5 Å². The monoisotopic (exact) mass is 1380 g/mol. The summed E-state index contributed by atoms with van der Waals surface area (Å²) in [6, 6.07) is 51.7. The molecule has 97 heavy (non-hydrogen) atoms. The van der Waals surface area contributed by atoms with Gasteiger partial charge in [0.1, 0.15) is 69.3 Å². The Morgan fingerprint density at radius 2 is 0.918 bits per heavy atom. The Hall–Kier alpha value is -10.8. The molecule has 2 fully saturated rings. The molecule has 0 saturated heterocycles. The van der Waals surface area contributed by atoms with Crippen molar-refractivity contribution in [1.29, 1.82) is 10.5 Å².